The van der Waals surface area contributed by atoms with Crippen molar-refractivity contribution in [1.29, 1.82) is 0 Å². The van der Waals surface area contributed by atoms with Gasteiger partial charge in [-0.2, -0.15) is 0 Å². The van der Waals surface area contributed by atoms with Gasteiger partial charge in [0.05, 0.1) is 44.1 Å². The molecule has 0 amide bonds. The molecule has 0 radical (unpaired) electrons. The average Bonchev–Trinajstić information content (AvgIpc) is 1.67. The van der Waals surface area contributed by atoms with Crippen molar-refractivity contribution in [1.82, 2.24) is 18.3 Å². The third kappa shape index (κ3) is 11.6. The van der Waals surface area contributed by atoms with Crippen LogP contribution in [0.25, 0.3) is 143 Å². The fourth-order valence-corrected chi connectivity index (χ4v) is 15.1. The highest BCUT2D eigenvalue weighted by Gasteiger charge is 2.17. The molecule has 0 saturated heterocycles. The van der Waals surface area contributed by atoms with E-state index < -0.39 is 0 Å². The van der Waals surface area contributed by atoms with Crippen molar-refractivity contribution in [3.05, 3.63) is 370 Å². The molecule has 96 heavy (non-hydrogen) atoms. The van der Waals surface area contributed by atoms with Crippen LogP contribution in [0.5, 0.6) is 0 Å². The molecule has 458 valence electrons. The molecule has 19 aromatic rings. The van der Waals surface area contributed by atoms with E-state index in [-0.39, 0.29) is 0 Å². The first-order valence-corrected chi connectivity index (χ1v) is 35.1. The molecule has 4 aromatic heterocycles. The fourth-order valence-electron chi connectivity index (χ4n) is 13.7. The molecule has 0 N–H and O–H groups in total. The van der Waals surface area contributed by atoms with Crippen LogP contribution in [0.3, 0.4) is 0 Å². The van der Waals surface area contributed by atoms with Gasteiger partial charge in [0.25, 0.3) is 0 Å². The number of hydrogen-bond donors (Lipinski definition) is 0. The van der Waals surface area contributed by atoms with Crippen LogP contribution in [0.15, 0.2) is 370 Å². The van der Waals surface area contributed by atoms with E-state index in [9.17, 15) is 0 Å². The van der Waals surface area contributed by atoms with Crippen molar-refractivity contribution < 1.29 is 0 Å². The first-order chi connectivity index (χ1) is 47.3. The molecule has 15 aromatic carbocycles. The van der Waals surface area contributed by atoms with Crippen molar-refractivity contribution in [3.63, 3.8) is 0 Å². The van der Waals surface area contributed by atoms with Crippen LogP contribution >= 0.6 is 63.7 Å². The lowest BCUT2D eigenvalue weighted by Gasteiger charge is -2.10. The van der Waals surface area contributed by atoms with Gasteiger partial charge in [-0.3, -0.25) is 0 Å². The van der Waals surface area contributed by atoms with Crippen LogP contribution in [0, 0.1) is 0 Å². The Hall–Kier alpha value is -10.3. The van der Waals surface area contributed by atoms with Gasteiger partial charge in [0.2, 0.25) is 0 Å². The Morgan fingerprint density at radius 1 is 0.156 bits per heavy atom. The van der Waals surface area contributed by atoms with Crippen molar-refractivity contribution in [3.8, 4) is 45.0 Å². The third-order valence-electron chi connectivity index (χ3n) is 18.0. The highest BCUT2D eigenvalue weighted by molar-refractivity contribution is 9.11. The summed E-state index contributed by atoms with van der Waals surface area (Å²) in [6.07, 6.45) is 0. The molecule has 0 atom stereocenters. The molecule has 4 nitrogen and oxygen atoms in total. The lowest BCUT2D eigenvalue weighted by molar-refractivity contribution is 1.18. The van der Waals surface area contributed by atoms with Crippen LogP contribution < -0.4 is 0 Å². The summed E-state index contributed by atoms with van der Waals surface area (Å²) in [7, 11) is 0. The van der Waals surface area contributed by atoms with Crippen LogP contribution in [-0.2, 0) is 0 Å². The number of hydrogen-bond acceptors (Lipinski definition) is 0. The van der Waals surface area contributed by atoms with Crippen LogP contribution in [-0.4, -0.2) is 18.3 Å². The second kappa shape index (κ2) is 26.5. The molecule has 0 fully saturated rings. The Morgan fingerprint density at radius 3 is 0.865 bits per heavy atom. The van der Waals surface area contributed by atoms with Gasteiger partial charge in [0.1, 0.15) is 0 Å². The molecule has 4 heterocycles. The first-order valence-electron chi connectivity index (χ1n) is 31.9. The number of halogens is 4. The Bertz CT molecular complexity index is 6070. The van der Waals surface area contributed by atoms with E-state index in [0.717, 1.165) is 17.9 Å². The molecule has 0 unspecified atom stereocenters. The Morgan fingerprint density at radius 2 is 0.438 bits per heavy atom. The second-order valence-electron chi connectivity index (χ2n) is 23.8. The number of para-hydroxylation sites is 5. The van der Waals surface area contributed by atoms with E-state index >= 15 is 0 Å². The lowest BCUT2D eigenvalue weighted by Crippen LogP contribution is -1.94. The predicted molar refractivity (Wildman–Crippen MR) is 422 cm³/mol. The molecule has 0 aliphatic carbocycles. The van der Waals surface area contributed by atoms with Gasteiger partial charge < -0.3 is 18.3 Å². The van der Waals surface area contributed by atoms with Gasteiger partial charge >= 0.3 is 0 Å². The van der Waals surface area contributed by atoms with Crippen molar-refractivity contribution in [2.75, 3.05) is 0 Å². The third-order valence-corrected chi connectivity index (χ3v) is 20.0. The van der Waals surface area contributed by atoms with E-state index in [1.54, 1.807) is 0 Å². The van der Waals surface area contributed by atoms with Crippen molar-refractivity contribution >= 4 is 162 Å². The monoisotopic (exact) mass is 1490 g/mol. The van der Waals surface area contributed by atoms with Gasteiger partial charge in [0.15, 0.2) is 0 Å². The molecular weight excluding hydrogens is 1430 g/mol. The maximum absolute atomic E-state index is 3.63. The highest BCUT2D eigenvalue weighted by Crippen LogP contribution is 2.39. The normalized spacial score (nSPS) is 11.3. The molecule has 0 bridgehead atoms. The van der Waals surface area contributed by atoms with Crippen LogP contribution in [0.4, 0.5) is 0 Å². The molecule has 19 rings (SSSR count). The van der Waals surface area contributed by atoms with Crippen LogP contribution in [0.2, 0.25) is 0 Å². The summed E-state index contributed by atoms with van der Waals surface area (Å²) < 4.78 is 13.7. The minimum absolute atomic E-state index is 1.09. The summed E-state index contributed by atoms with van der Waals surface area (Å²) in [6, 6.07) is 125. The highest BCUT2D eigenvalue weighted by atomic mass is 79.9. The summed E-state index contributed by atoms with van der Waals surface area (Å²) in [5.41, 5.74) is 19.5. The maximum Gasteiger partial charge on any atom is 0.0552 e. The number of benzene rings is 15. The summed E-state index contributed by atoms with van der Waals surface area (Å²) in [5, 5.41) is 12.8. The maximum atomic E-state index is 3.63. The number of aromatic nitrogens is 4. The first kappa shape index (κ1) is 60.6. The largest absolute Gasteiger partial charge is 0.309 e. The molecule has 0 spiro atoms. The number of rotatable bonds is 6. The lowest BCUT2D eigenvalue weighted by atomic mass is 10.1. The van der Waals surface area contributed by atoms with E-state index in [1.807, 2.05) is 12.1 Å². The number of fused-ring (bicyclic) bond motifs is 13. The minimum Gasteiger partial charge on any atom is -0.309 e. The molecule has 0 aliphatic rings. The molecule has 0 aliphatic heterocycles. The second-order valence-corrected chi connectivity index (χ2v) is 27.4. The van der Waals surface area contributed by atoms with E-state index in [1.165, 1.54) is 143 Å². The van der Waals surface area contributed by atoms with E-state index in [0.29, 0.717) is 0 Å². The standard InChI is InChI=1S/2C24H16BrN.C22H14BrN.C18H12BrN/c25-19-13-14-22-21-11-4-5-12-23(21)26(24(22)16-19)20-10-6-9-18(15-20)17-7-2-1-3-8-17;25-19-12-15-22-21-8-4-5-9-23(21)26(24(22)16-19)20-13-10-18(11-14-20)17-6-2-1-3-7-17;23-17-10-12-20-19-7-3-4-8-21(19)24(22(20)14-17)18-11-9-15-5-1-2-6-16(15)13-18;19-13-10-11-16-15-8-4-5-9-17(15)20(18(16)12-13)14-6-2-1-3-7-14/h2*1-16H;1-14H;1-12H. The number of nitrogens with zero attached hydrogens (tertiary/aromatic N) is 4. The van der Waals surface area contributed by atoms with Gasteiger partial charge in [-0.25, -0.2) is 0 Å². The van der Waals surface area contributed by atoms with Gasteiger partial charge in [0, 0.05) is 83.7 Å². The summed E-state index contributed by atoms with van der Waals surface area (Å²) >= 11 is 14.5. The van der Waals surface area contributed by atoms with Gasteiger partial charge in [-0.1, -0.05) is 294 Å². The van der Waals surface area contributed by atoms with E-state index in [4.69, 9.17) is 0 Å². The summed E-state index contributed by atoms with van der Waals surface area (Å²) in [6.45, 7) is 0. The quantitative estimate of drug-likeness (QED) is 0.158. The van der Waals surface area contributed by atoms with Crippen molar-refractivity contribution in [2.24, 2.45) is 0 Å². The Kier molecular flexibility index (Phi) is 16.7. The van der Waals surface area contributed by atoms with Crippen molar-refractivity contribution in [2.45, 2.75) is 0 Å². The Labute approximate surface area is 589 Å². The summed E-state index contributed by atoms with van der Waals surface area (Å²) in [5.74, 6) is 0. The topological polar surface area (TPSA) is 19.7 Å². The fraction of sp³-hybridized carbons (Fsp3) is 0. The zero-order valence-electron chi connectivity index (χ0n) is 51.8. The smallest absolute Gasteiger partial charge is 0.0552 e. The zero-order valence-corrected chi connectivity index (χ0v) is 58.1. The van der Waals surface area contributed by atoms with Gasteiger partial charge in [-0.05, 0) is 154 Å². The Balaban J connectivity index is 0.000000101. The summed E-state index contributed by atoms with van der Waals surface area (Å²) in [4.78, 5) is 0. The predicted octanol–water partition coefficient (Wildman–Crippen LogP) is 26.7. The minimum atomic E-state index is 1.09. The average molecular weight is 1490 g/mol. The van der Waals surface area contributed by atoms with E-state index in [2.05, 4.69) is 422 Å². The SMILES string of the molecule is Brc1ccc2c3ccccc3n(-c3ccc(-c4ccccc4)cc3)c2c1.Brc1ccc2c3ccccc3n(-c3ccc4ccccc4c3)c2c1.Brc1ccc2c3ccccc3n(-c3cccc(-c4ccccc4)c3)c2c1.Brc1ccc2c3ccccc3n(-c3ccccc3)c2c1. The molecule has 8 heteroatoms. The van der Waals surface area contributed by atoms with Crippen LogP contribution in [0.1, 0.15) is 0 Å². The molecule has 0 saturated carbocycles. The van der Waals surface area contributed by atoms with Gasteiger partial charge in [-0.15, -0.1) is 0 Å². The molecular formula is C88H58Br4N4. The zero-order chi connectivity index (χ0) is 64.6.